The lowest BCUT2D eigenvalue weighted by Crippen LogP contribution is -2.31. The minimum atomic E-state index is -0.188. The zero-order valence-corrected chi connectivity index (χ0v) is 8.01. The Morgan fingerprint density at radius 2 is 2.00 bits per heavy atom. The highest BCUT2D eigenvalue weighted by Gasteiger charge is 2.03. The fourth-order valence-corrected chi connectivity index (χ4v) is 1.13. The molecular weight excluding hydrogens is 138 g/mol. The second-order valence-electron chi connectivity index (χ2n) is 3.10. The predicted molar refractivity (Wildman–Crippen MR) is 48.7 cm³/mol. The highest BCUT2D eigenvalue weighted by atomic mass is 16.3. The molecule has 0 bridgehead atoms. The van der Waals surface area contributed by atoms with E-state index in [0.717, 1.165) is 19.6 Å². The number of hydrogen-bond donors (Lipinski definition) is 1. The Hall–Kier alpha value is -0.0800. The molecule has 1 unspecified atom stereocenters. The van der Waals surface area contributed by atoms with E-state index < -0.39 is 0 Å². The summed E-state index contributed by atoms with van der Waals surface area (Å²) in [4.78, 5) is 2.29. The number of unbranched alkanes of at least 4 members (excludes halogenated alkanes) is 1. The third kappa shape index (κ3) is 6.32. The molecule has 11 heavy (non-hydrogen) atoms. The average molecular weight is 159 g/mol. The van der Waals surface area contributed by atoms with E-state index in [1.165, 1.54) is 12.8 Å². The van der Waals surface area contributed by atoms with Gasteiger partial charge in [0.15, 0.2) is 0 Å². The predicted octanol–water partition coefficient (Wildman–Crippen LogP) is 1.49. The van der Waals surface area contributed by atoms with Gasteiger partial charge < -0.3 is 10.0 Å². The first-order valence-electron chi connectivity index (χ1n) is 4.61. The smallest absolute Gasteiger partial charge is 0.0639 e. The molecule has 1 N–H and O–H groups in total. The largest absolute Gasteiger partial charge is 0.392 e. The van der Waals surface area contributed by atoms with Crippen LogP contribution in [0.25, 0.3) is 0 Å². The molecule has 0 amide bonds. The number of nitrogens with zero attached hydrogens (tertiary/aromatic N) is 1. The molecule has 0 aliphatic rings. The first-order valence-corrected chi connectivity index (χ1v) is 4.61. The average Bonchev–Trinajstić information content (AvgIpc) is 1.97. The summed E-state index contributed by atoms with van der Waals surface area (Å²) in [7, 11) is 0. The van der Waals surface area contributed by atoms with Crippen molar-refractivity contribution in [1.29, 1.82) is 0 Å². The van der Waals surface area contributed by atoms with Crippen LogP contribution in [0.2, 0.25) is 0 Å². The van der Waals surface area contributed by atoms with Gasteiger partial charge in [0.1, 0.15) is 0 Å². The maximum absolute atomic E-state index is 9.11. The molecule has 0 saturated carbocycles. The van der Waals surface area contributed by atoms with Gasteiger partial charge in [-0.15, -0.1) is 0 Å². The van der Waals surface area contributed by atoms with Crippen molar-refractivity contribution in [2.75, 3.05) is 19.6 Å². The van der Waals surface area contributed by atoms with Crippen molar-refractivity contribution in [2.24, 2.45) is 0 Å². The molecule has 0 aliphatic carbocycles. The fourth-order valence-electron chi connectivity index (χ4n) is 1.13. The quantitative estimate of drug-likeness (QED) is 0.634. The summed E-state index contributed by atoms with van der Waals surface area (Å²) in [5.41, 5.74) is 0. The van der Waals surface area contributed by atoms with E-state index in [1.807, 2.05) is 6.92 Å². The van der Waals surface area contributed by atoms with Gasteiger partial charge in [-0.1, -0.05) is 20.3 Å². The highest BCUT2D eigenvalue weighted by Crippen LogP contribution is 1.96. The molecule has 0 spiro atoms. The summed E-state index contributed by atoms with van der Waals surface area (Å²) in [6.45, 7) is 9.15. The van der Waals surface area contributed by atoms with E-state index in [9.17, 15) is 0 Å². The fraction of sp³-hybridized carbons (Fsp3) is 1.00. The van der Waals surface area contributed by atoms with E-state index in [2.05, 4.69) is 18.7 Å². The molecule has 0 fully saturated rings. The Morgan fingerprint density at radius 1 is 1.36 bits per heavy atom. The number of aliphatic hydroxyl groups is 1. The Morgan fingerprint density at radius 3 is 2.36 bits per heavy atom. The Labute approximate surface area is 70.2 Å². The molecule has 68 valence electrons. The van der Waals surface area contributed by atoms with Crippen LogP contribution in [0.4, 0.5) is 0 Å². The first-order chi connectivity index (χ1) is 5.20. The molecular formula is C9H21NO. The molecule has 0 aliphatic heterocycles. The SMILES string of the molecule is CCCCN(CC)CC(C)O. The van der Waals surface area contributed by atoms with Gasteiger partial charge >= 0.3 is 0 Å². The normalized spacial score (nSPS) is 13.9. The second kappa shape index (κ2) is 6.62. The van der Waals surface area contributed by atoms with E-state index >= 15 is 0 Å². The van der Waals surface area contributed by atoms with Crippen LogP contribution in [0.3, 0.4) is 0 Å². The molecule has 0 heterocycles. The summed E-state index contributed by atoms with van der Waals surface area (Å²) in [5.74, 6) is 0. The monoisotopic (exact) mass is 159 g/mol. The molecule has 0 rings (SSSR count). The number of likely N-dealkylation sites (N-methyl/N-ethyl adjacent to an activating group) is 1. The third-order valence-electron chi connectivity index (χ3n) is 1.80. The van der Waals surface area contributed by atoms with Crippen molar-refractivity contribution in [3.8, 4) is 0 Å². The molecule has 0 saturated heterocycles. The number of aliphatic hydroxyl groups excluding tert-OH is 1. The highest BCUT2D eigenvalue weighted by molar-refractivity contribution is 4.58. The maximum Gasteiger partial charge on any atom is 0.0639 e. The maximum atomic E-state index is 9.11. The van der Waals surface area contributed by atoms with Crippen LogP contribution < -0.4 is 0 Å². The minimum Gasteiger partial charge on any atom is -0.392 e. The minimum absolute atomic E-state index is 0.188. The zero-order valence-electron chi connectivity index (χ0n) is 8.01. The Balaban J connectivity index is 3.41. The lowest BCUT2D eigenvalue weighted by molar-refractivity contribution is 0.129. The van der Waals surface area contributed by atoms with Crippen molar-refractivity contribution in [1.82, 2.24) is 4.90 Å². The summed E-state index contributed by atoms with van der Waals surface area (Å²) in [6, 6.07) is 0. The lowest BCUT2D eigenvalue weighted by atomic mass is 10.3. The topological polar surface area (TPSA) is 23.5 Å². The Bertz CT molecular complexity index is 83.6. The molecule has 1 atom stereocenters. The van der Waals surface area contributed by atoms with E-state index in [-0.39, 0.29) is 6.10 Å². The van der Waals surface area contributed by atoms with Crippen LogP contribution in [0, 0.1) is 0 Å². The number of hydrogen-bond acceptors (Lipinski definition) is 2. The van der Waals surface area contributed by atoms with Crippen molar-refractivity contribution < 1.29 is 5.11 Å². The van der Waals surface area contributed by atoms with Gasteiger partial charge in [0.25, 0.3) is 0 Å². The molecule has 2 nitrogen and oxygen atoms in total. The van der Waals surface area contributed by atoms with Crippen molar-refractivity contribution in [3.63, 3.8) is 0 Å². The summed E-state index contributed by atoms with van der Waals surface area (Å²) in [6.07, 6.45) is 2.28. The number of rotatable bonds is 6. The van der Waals surface area contributed by atoms with Crippen LogP contribution >= 0.6 is 0 Å². The molecule has 0 aromatic carbocycles. The van der Waals surface area contributed by atoms with Crippen LogP contribution in [0.1, 0.15) is 33.6 Å². The van der Waals surface area contributed by atoms with Gasteiger partial charge in [-0.2, -0.15) is 0 Å². The van der Waals surface area contributed by atoms with Crippen LogP contribution in [0.5, 0.6) is 0 Å². The standard InChI is InChI=1S/C9H21NO/c1-4-6-7-10(5-2)8-9(3)11/h9,11H,4-8H2,1-3H3. The van der Waals surface area contributed by atoms with Crippen molar-refractivity contribution >= 4 is 0 Å². The summed E-state index contributed by atoms with van der Waals surface area (Å²) < 4.78 is 0. The van der Waals surface area contributed by atoms with Gasteiger partial charge in [-0.05, 0) is 26.4 Å². The van der Waals surface area contributed by atoms with Crippen LogP contribution in [0.15, 0.2) is 0 Å². The molecule has 0 aromatic rings. The zero-order chi connectivity index (χ0) is 8.69. The third-order valence-corrected chi connectivity index (χ3v) is 1.80. The van der Waals surface area contributed by atoms with Gasteiger partial charge in [-0.25, -0.2) is 0 Å². The summed E-state index contributed by atoms with van der Waals surface area (Å²) >= 11 is 0. The van der Waals surface area contributed by atoms with Gasteiger partial charge in [-0.3, -0.25) is 0 Å². The van der Waals surface area contributed by atoms with Crippen molar-refractivity contribution in [3.05, 3.63) is 0 Å². The Kier molecular flexibility index (Phi) is 6.57. The van der Waals surface area contributed by atoms with Crippen molar-refractivity contribution in [2.45, 2.75) is 39.7 Å². The second-order valence-corrected chi connectivity index (χ2v) is 3.10. The van der Waals surface area contributed by atoms with E-state index in [0.29, 0.717) is 0 Å². The van der Waals surface area contributed by atoms with Gasteiger partial charge in [0.2, 0.25) is 0 Å². The molecule has 0 radical (unpaired) electrons. The van der Waals surface area contributed by atoms with Crippen LogP contribution in [-0.2, 0) is 0 Å². The lowest BCUT2D eigenvalue weighted by Gasteiger charge is -2.21. The first kappa shape index (κ1) is 10.9. The van der Waals surface area contributed by atoms with Gasteiger partial charge in [0.05, 0.1) is 6.10 Å². The van der Waals surface area contributed by atoms with E-state index in [1.54, 1.807) is 0 Å². The van der Waals surface area contributed by atoms with Gasteiger partial charge in [0, 0.05) is 6.54 Å². The molecule has 0 aromatic heterocycles. The van der Waals surface area contributed by atoms with E-state index in [4.69, 9.17) is 5.11 Å². The molecule has 2 heteroatoms. The summed E-state index contributed by atoms with van der Waals surface area (Å²) in [5, 5.41) is 9.11. The van der Waals surface area contributed by atoms with Crippen LogP contribution in [-0.4, -0.2) is 35.7 Å².